The molecular weight excluding hydrogens is 252 g/mol. The Morgan fingerprint density at radius 1 is 1.67 bits per heavy atom. The summed E-state index contributed by atoms with van der Waals surface area (Å²) in [5.41, 5.74) is 2.12. The number of hydrogen-bond acceptors (Lipinski definition) is 6. The molecule has 0 unspecified atom stereocenters. The Balaban J connectivity index is 2.65. The first kappa shape index (κ1) is 15.0. The van der Waals surface area contributed by atoms with Crippen LogP contribution in [0.4, 0.5) is 0 Å². The van der Waals surface area contributed by atoms with Gasteiger partial charge in [0.05, 0.1) is 11.3 Å². The SMILES string of the molecule is CCN(Cc1csc(C(=O)NN)n1)CC(C)(C)O. The van der Waals surface area contributed by atoms with Gasteiger partial charge in [0.1, 0.15) is 0 Å². The van der Waals surface area contributed by atoms with Gasteiger partial charge in [-0.05, 0) is 20.4 Å². The molecule has 4 N–H and O–H groups in total. The minimum absolute atomic E-state index is 0.354. The number of thiazole rings is 1. The predicted molar refractivity (Wildman–Crippen MR) is 71.0 cm³/mol. The van der Waals surface area contributed by atoms with Gasteiger partial charge in [0, 0.05) is 18.5 Å². The second-order valence-electron chi connectivity index (χ2n) is 4.73. The first-order valence-electron chi connectivity index (χ1n) is 5.76. The molecule has 0 aliphatic rings. The lowest BCUT2D eigenvalue weighted by molar-refractivity contribution is 0.0350. The molecule has 7 heteroatoms. The number of hydrogen-bond donors (Lipinski definition) is 3. The van der Waals surface area contributed by atoms with Crippen molar-refractivity contribution < 1.29 is 9.90 Å². The fourth-order valence-corrected chi connectivity index (χ4v) is 2.31. The molecule has 0 fully saturated rings. The molecule has 0 aliphatic carbocycles. The highest BCUT2D eigenvalue weighted by Crippen LogP contribution is 2.13. The molecule has 1 heterocycles. The first-order valence-corrected chi connectivity index (χ1v) is 6.63. The number of likely N-dealkylation sites (N-methyl/N-ethyl adjacent to an activating group) is 1. The van der Waals surface area contributed by atoms with Crippen LogP contribution in [0.25, 0.3) is 0 Å². The molecule has 6 nitrogen and oxygen atoms in total. The summed E-state index contributed by atoms with van der Waals surface area (Å²) in [6.07, 6.45) is 0. The van der Waals surface area contributed by atoms with Crippen LogP contribution in [0.5, 0.6) is 0 Å². The van der Waals surface area contributed by atoms with E-state index in [2.05, 4.69) is 15.3 Å². The van der Waals surface area contributed by atoms with Crippen molar-refractivity contribution in [1.29, 1.82) is 0 Å². The van der Waals surface area contributed by atoms with E-state index in [4.69, 9.17) is 5.84 Å². The summed E-state index contributed by atoms with van der Waals surface area (Å²) in [4.78, 5) is 17.5. The molecule has 0 aliphatic heterocycles. The highest BCUT2D eigenvalue weighted by atomic mass is 32.1. The molecule has 0 spiro atoms. The number of rotatable bonds is 6. The summed E-state index contributed by atoms with van der Waals surface area (Å²) >= 11 is 1.26. The van der Waals surface area contributed by atoms with Gasteiger partial charge in [-0.3, -0.25) is 15.1 Å². The molecule has 0 atom stereocenters. The van der Waals surface area contributed by atoms with Crippen LogP contribution in [-0.2, 0) is 6.54 Å². The van der Waals surface area contributed by atoms with E-state index in [1.165, 1.54) is 11.3 Å². The number of nitrogens with one attached hydrogen (secondary N) is 1. The first-order chi connectivity index (χ1) is 8.35. The molecule has 1 aromatic heterocycles. The highest BCUT2D eigenvalue weighted by molar-refractivity contribution is 7.11. The quantitative estimate of drug-likeness (QED) is 0.394. The summed E-state index contributed by atoms with van der Waals surface area (Å²) < 4.78 is 0. The average molecular weight is 272 g/mol. The molecule has 18 heavy (non-hydrogen) atoms. The second-order valence-corrected chi connectivity index (χ2v) is 5.59. The minimum Gasteiger partial charge on any atom is -0.389 e. The van der Waals surface area contributed by atoms with E-state index in [0.717, 1.165) is 12.2 Å². The molecule has 1 amide bonds. The number of aromatic nitrogens is 1. The number of nitrogen functional groups attached to an aromatic ring is 1. The number of nitrogens with zero attached hydrogens (tertiary/aromatic N) is 2. The standard InChI is InChI=1S/C11H20N4O2S/c1-4-15(7-11(2,3)17)5-8-6-18-10(13-8)9(16)14-12/h6,17H,4-5,7,12H2,1-3H3,(H,14,16). The number of aliphatic hydroxyl groups is 1. The van der Waals surface area contributed by atoms with Crippen molar-refractivity contribution in [2.24, 2.45) is 5.84 Å². The maximum atomic E-state index is 11.3. The van der Waals surface area contributed by atoms with Crippen LogP contribution in [0.2, 0.25) is 0 Å². The van der Waals surface area contributed by atoms with Crippen LogP contribution in [0.15, 0.2) is 5.38 Å². The number of amides is 1. The Labute approximate surface area is 111 Å². The van der Waals surface area contributed by atoms with Gasteiger partial charge in [0.25, 0.3) is 5.91 Å². The Hall–Kier alpha value is -1.02. The Bertz CT molecular complexity index is 400. The van der Waals surface area contributed by atoms with Crippen molar-refractivity contribution in [3.63, 3.8) is 0 Å². The van der Waals surface area contributed by atoms with Crippen LogP contribution in [0.3, 0.4) is 0 Å². The van der Waals surface area contributed by atoms with Crippen molar-refractivity contribution in [2.75, 3.05) is 13.1 Å². The largest absolute Gasteiger partial charge is 0.389 e. The van der Waals surface area contributed by atoms with Crippen molar-refractivity contribution in [1.82, 2.24) is 15.3 Å². The monoisotopic (exact) mass is 272 g/mol. The fraction of sp³-hybridized carbons (Fsp3) is 0.636. The molecule has 0 saturated heterocycles. The molecule has 0 radical (unpaired) electrons. The van der Waals surface area contributed by atoms with Gasteiger partial charge in [-0.15, -0.1) is 11.3 Å². The Morgan fingerprint density at radius 3 is 2.83 bits per heavy atom. The van der Waals surface area contributed by atoms with Crippen molar-refractivity contribution in [2.45, 2.75) is 32.9 Å². The lowest BCUT2D eigenvalue weighted by Gasteiger charge is -2.27. The average Bonchev–Trinajstić information content (AvgIpc) is 2.73. The Morgan fingerprint density at radius 2 is 2.33 bits per heavy atom. The summed E-state index contributed by atoms with van der Waals surface area (Å²) in [7, 11) is 0. The molecule has 0 bridgehead atoms. The topological polar surface area (TPSA) is 91.5 Å². The third kappa shape index (κ3) is 4.69. The van der Waals surface area contributed by atoms with Crippen LogP contribution in [0.1, 0.15) is 36.3 Å². The summed E-state index contributed by atoms with van der Waals surface area (Å²) in [6, 6.07) is 0. The van der Waals surface area contributed by atoms with Gasteiger partial charge >= 0.3 is 0 Å². The van der Waals surface area contributed by atoms with E-state index in [1.54, 1.807) is 13.8 Å². The van der Waals surface area contributed by atoms with Crippen molar-refractivity contribution in [3.05, 3.63) is 16.1 Å². The number of hydrazine groups is 1. The van der Waals surface area contributed by atoms with E-state index < -0.39 is 5.60 Å². The third-order valence-electron chi connectivity index (χ3n) is 2.32. The third-order valence-corrected chi connectivity index (χ3v) is 3.21. The van der Waals surface area contributed by atoms with E-state index in [0.29, 0.717) is 18.1 Å². The van der Waals surface area contributed by atoms with E-state index >= 15 is 0 Å². The van der Waals surface area contributed by atoms with Gasteiger partial charge in [-0.2, -0.15) is 0 Å². The van der Waals surface area contributed by atoms with Crippen LogP contribution >= 0.6 is 11.3 Å². The van der Waals surface area contributed by atoms with Crippen LogP contribution in [-0.4, -0.2) is 39.6 Å². The van der Waals surface area contributed by atoms with Crippen LogP contribution in [0, 0.1) is 0 Å². The fourth-order valence-electron chi connectivity index (χ4n) is 1.60. The molecule has 0 saturated carbocycles. The molecule has 102 valence electrons. The highest BCUT2D eigenvalue weighted by Gasteiger charge is 2.18. The van der Waals surface area contributed by atoms with E-state index in [9.17, 15) is 9.90 Å². The number of carbonyl (C=O) groups excluding carboxylic acids is 1. The van der Waals surface area contributed by atoms with Gasteiger partial charge < -0.3 is 5.11 Å². The zero-order chi connectivity index (χ0) is 13.8. The number of nitrogens with two attached hydrogens (primary N) is 1. The molecule has 1 rings (SSSR count). The Kier molecular flexibility index (Phi) is 5.21. The minimum atomic E-state index is -0.747. The normalized spacial score (nSPS) is 11.9. The smallest absolute Gasteiger partial charge is 0.294 e. The zero-order valence-electron chi connectivity index (χ0n) is 10.9. The van der Waals surface area contributed by atoms with Gasteiger partial charge in [-0.25, -0.2) is 10.8 Å². The second kappa shape index (κ2) is 6.24. The lowest BCUT2D eigenvalue weighted by Crippen LogP contribution is -2.38. The van der Waals surface area contributed by atoms with Crippen LogP contribution < -0.4 is 11.3 Å². The summed E-state index contributed by atoms with van der Waals surface area (Å²) in [5, 5.41) is 12.0. The van der Waals surface area contributed by atoms with Gasteiger partial charge in [0.2, 0.25) is 0 Å². The lowest BCUT2D eigenvalue weighted by atomic mass is 10.1. The zero-order valence-corrected chi connectivity index (χ0v) is 11.8. The molecule has 0 aromatic carbocycles. The van der Waals surface area contributed by atoms with Crippen molar-refractivity contribution >= 4 is 17.2 Å². The summed E-state index contributed by atoms with van der Waals surface area (Å²) in [5.74, 6) is 4.67. The van der Waals surface area contributed by atoms with E-state index in [1.807, 2.05) is 12.3 Å². The number of carbonyl (C=O) groups is 1. The maximum Gasteiger partial charge on any atom is 0.294 e. The van der Waals surface area contributed by atoms with E-state index in [-0.39, 0.29) is 5.91 Å². The molecular formula is C11H20N4O2S. The maximum absolute atomic E-state index is 11.3. The summed E-state index contributed by atoms with van der Waals surface area (Å²) in [6.45, 7) is 7.52. The predicted octanol–water partition coefficient (Wildman–Crippen LogP) is 0.339. The van der Waals surface area contributed by atoms with Crippen molar-refractivity contribution in [3.8, 4) is 0 Å². The van der Waals surface area contributed by atoms with Gasteiger partial charge in [0.15, 0.2) is 5.01 Å². The van der Waals surface area contributed by atoms with Gasteiger partial charge in [-0.1, -0.05) is 6.92 Å². The molecule has 1 aromatic rings.